The summed E-state index contributed by atoms with van der Waals surface area (Å²) in [5.74, 6) is 0.513. The zero-order chi connectivity index (χ0) is 15.2. The standard InChI is InChI=1S/C16H17BrN2OS/c1-19(10-12-5-3-2-4-6-12)16(20)11-21-15-8-7-13(18)9-14(15)17/h2-9H,10-11,18H2,1H3. The Morgan fingerprint density at radius 2 is 1.95 bits per heavy atom. The van der Waals surface area contributed by atoms with E-state index in [0.717, 1.165) is 14.9 Å². The first kappa shape index (κ1) is 15.9. The molecule has 0 aromatic heterocycles. The third kappa shape index (κ3) is 4.79. The highest BCUT2D eigenvalue weighted by molar-refractivity contribution is 9.10. The van der Waals surface area contributed by atoms with Crippen molar-refractivity contribution in [3.63, 3.8) is 0 Å². The van der Waals surface area contributed by atoms with E-state index in [-0.39, 0.29) is 5.91 Å². The summed E-state index contributed by atoms with van der Waals surface area (Å²) >= 11 is 4.97. The lowest BCUT2D eigenvalue weighted by Gasteiger charge is -2.17. The average Bonchev–Trinajstić information content (AvgIpc) is 2.47. The van der Waals surface area contributed by atoms with E-state index < -0.39 is 0 Å². The second-order valence-electron chi connectivity index (χ2n) is 4.71. The van der Waals surface area contributed by atoms with Crippen LogP contribution in [0.5, 0.6) is 0 Å². The first-order valence-corrected chi connectivity index (χ1v) is 8.30. The molecule has 2 aromatic rings. The maximum Gasteiger partial charge on any atom is 0.232 e. The molecule has 0 saturated carbocycles. The van der Waals surface area contributed by atoms with Crippen LogP contribution < -0.4 is 5.73 Å². The van der Waals surface area contributed by atoms with Gasteiger partial charge in [-0.1, -0.05) is 30.3 Å². The van der Waals surface area contributed by atoms with Crippen molar-refractivity contribution in [2.45, 2.75) is 11.4 Å². The van der Waals surface area contributed by atoms with Gasteiger partial charge >= 0.3 is 0 Å². The van der Waals surface area contributed by atoms with Gasteiger partial charge in [-0.2, -0.15) is 0 Å². The molecule has 0 aliphatic carbocycles. The van der Waals surface area contributed by atoms with Crippen molar-refractivity contribution in [3.8, 4) is 0 Å². The lowest BCUT2D eigenvalue weighted by molar-refractivity contribution is -0.127. The molecule has 0 aliphatic rings. The summed E-state index contributed by atoms with van der Waals surface area (Å²) < 4.78 is 0.922. The Morgan fingerprint density at radius 1 is 1.24 bits per heavy atom. The van der Waals surface area contributed by atoms with Gasteiger partial charge in [-0.25, -0.2) is 0 Å². The minimum Gasteiger partial charge on any atom is -0.399 e. The van der Waals surface area contributed by atoms with Crippen LogP contribution in [0, 0.1) is 0 Å². The highest BCUT2D eigenvalue weighted by Gasteiger charge is 2.11. The van der Waals surface area contributed by atoms with Crippen LogP contribution in [-0.4, -0.2) is 23.6 Å². The van der Waals surface area contributed by atoms with Gasteiger partial charge in [-0.15, -0.1) is 11.8 Å². The fraction of sp³-hybridized carbons (Fsp3) is 0.188. The minimum atomic E-state index is 0.104. The summed E-state index contributed by atoms with van der Waals surface area (Å²) in [5.41, 5.74) is 7.54. The minimum absolute atomic E-state index is 0.104. The van der Waals surface area contributed by atoms with Gasteiger partial charge < -0.3 is 10.6 Å². The summed E-state index contributed by atoms with van der Waals surface area (Å²) in [5, 5.41) is 0. The van der Waals surface area contributed by atoms with Crippen LogP contribution >= 0.6 is 27.7 Å². The maximum atomic E-state index is 12.2. The number of benzene rings is 2. The number of carbonyl (C=O) groups excluding carboxylic acids is 1. The molecular weight excluding hydrogens is 348 g/mol. The second kappa shape index (κ2) is 7.52. The van der Waals surface area contributed by atoms with Crippen LogP contribution in [0.2, 0.25) is 0 Å². The van der Waals surface area contributed by atoms with Gasteiger partial charge in [0.1, 0.15) is 0 Å². The van der Waals surface area contributed by atoms with E-state index in [2.05, 4.69) is 15.9 Å². The molecule has 0 heterocycles. The van der Waals surface area contributed by atoms with Crippen molar-refractivity contribution in [2.75, 3.05) is 18.5 Å². The van der Waals surface area contributed by atoms with Crippen molar-refractivity contribution in [2.24, 2.45) is 0 Å². The molecule has 21 heavy (non-hydrogen) atoms. The van der Waals surface area contributed by atoms with Gasteiger partial charge in [0.05, 0.1) is 5.75 Å². The van der Waals surface area contributed by atoms with Crippen molar-refractivity contribution in [3.05, 3.63) is 58.6 Å². The number of nitrogens with zero attached hydrogens (tertiary/aromatic N) is 1. The highest BCUT2D eigenvalue weighted by Crippen LogP contribution is 2.29. The zero-order valence-electron chi connectivity index (χ0n) is 11.8. The van der Waals surface area contributed by atoms with Gasteiger partial charge in [-0.3, -0.25) is 4.79 Å². The molecule has 0 aliphatic heterocycles. The van der Waals surface area contributed by atoms with Crippen LogP contribution in [0.25, 0.3) is 0 Å². The van der Waals surface area contributed by atoms with Crippen LogP contribution in [0.1, 0.15) is 5.56 Å². The van der Waals surface area contributed by atoms with Crippen molar-refractivity contribution in [1.29, 1.82) is 0 Å². The van der Waals surface area contributed by atoms with E-state index in [9.17, 15) is 4.79 Å². The molecule has 0 unspecified atom stereocenters. The highest BCUT2D eigenvalue weighted by atomic mass is 79.9. The number of thioether (sulfide) groups is 1. The van der Waals surface area contributed by atoms with E-state index in [0.29, 0.717) is 18.0 Å². The largest absolute Gasteiger partial charge is 0.399 e. The Morgan fingerprint density at radius 3 is 2.62 bits per heavy atom. The Kier molecular flexibility index (Phi) is 5.70. The van der Waals surface area contributed by atoms with Crippen molar-refractivity contribution < 1.29 is 4.79 Å². The van der Waals surface area contributed by atoms with Crippen LogP contribution in [0.15, 0.2) is 57.9 Å². The van der Waals surface area contributed by atoms with Gasteiger partial charge in [0, 0.05) is 28.6 Å². The molecule has 0 fully saturated rings. The van der Waals surface area contributed by atoms with Crippen LogP contribution in [0.3, 0.4) is 0 Å². The fourth-order valence-electron chi connectivity index (χ4n) is 1.83. The molecule has 0 radical (unpaired) electrons. The Labute approximate surface area is 137 Å². The smallest absolute Gasteiger partial charge is 0.232 e. The average molecular weight is 365 g/mol. The SMILES string of the molecule is CN(Cc1ccccc1)C(=O)CSc1ccc(N)cc1Br. The lowest BCUT2D eigenvalue weighted by Crippen LogP contribution is -2.27. The number of hydrogen-bond donors (Lipinski definition) is 1. The number of nitrogens with two attached hydrogens (primary N) is 1. The molecule has 110 valence electrons. The number of anilines is 1. The molecule has 2 N–H and O–H groups in total. The third-order valence-electron chi connectivity index (χ3n) is 3.00. The molecular formula is C16H17BrN2OS. The maximum absolute atomic E-state index is 12.2. The first-order chi connectivity index (χ1) is 10.1. The summed E-state index contributed by atoms with van der Waals surface area (Å²) in [6.45, 7) is 0.628. The second-order valence-corrected chi connectivity index (χ2v) is 6.59. The van der Waals surface area contributed by atoms with Crippen LogP contribution in [-0.2, 0) is 11.3 Å². The monoisotopic (exact) mass is 364 g/mol. The molecule has 3 nitrogen and oxygen atoms in total. The van der Waals surface area contributed by atoms with Gasteiger partial charge in [0.25, 0.3) is 0 Å². The fourth-order valence-corrected chi connectivity index (χ4v) is 3.43. The van der Waals surface area contributed by atoms with Gasteiger partial charge in [-0.05, 0) is 39.7 Å². The summed E-state index contributed by atoms with van der Waals surface area (Å²) in [7, 11) is 1.83. The van der Waals surface area contributed by atoms with Gasteiger partial charge in [0.15, 0.2) is 0 Å². The lowest BCUT2D eigenvalue weighted by atomic mass is 10.2. The van der Waals surface area contributed by atoms with E-state index in [1.807, 2.05) is 55.6 Å². The predicted octanol–water partition coefficient (Wildman–Crippen LogP) is 3.78. The van der Waals surface area contributed by atoms with E-state index >= 15 is 0 Å². The Bertz CT molecular complexity index is 619. The summed E-state index contributed by atoms with van der Waals surface area (Å²) in [6, 6.07) is 15.6. The number of rotatable bonds is 5. The molecule has 0 saturated heterocycles. The Balaban J connectivity index is 1.89. The third-order valence-corrected chi connectivity index (χ3v) is 4.97. The van der Waals surface area contributed by atoms with E-state index in [1.165, 1.54) is 11.8 Å². The van der Waals surface area contributed by atoms with E-state index in [4.69, 9.17) is 5.73 Å². The van der Waals surface area contributed by atoms with E-state index in [1.54, 1.807) is 4.90 Å². The molecule has 2 aromatic carbocycles. The number of halogens is 1. The molecule has 1 amide bonds. The quantitative estimate of drug-likeness (QED) is 0.648. The molecule has 2 rings (SSSR count). The summed E-state index contributed by atoms with van der Waals surface area (Å²) in [6.07, 6.45) is 0. The van der Waals surface area contributed by atoms with Crippen LogP contribution in [0.4, 0.5) is 5.69 Å². The Hall–Kier alpha value is -1.46. The summed E-state index contributed by atoms with van der Waals surface area (Å²) in [4.78, 5) is 14.9. The number of amides is 1. The topological polar surface area (TPSA) is 46.3 Å². The number of carbonyl (C=O) groups is 1. The van der Waals surface area contributed by atoms with Gasteiger partial charge in [0.2, 0.25) is 5.91 Å². The normalized spacial score (nSPS) is 10.4. The molecule has 0 spiro atoms. The molecule has 0 bridgehead atoms. The van der Waals surface area contributed by atoms with Crippen molar-refractivity contribution >= 4 is 39.3 Å². The van der Waals surface area contributed by atoms with Crippen molar-refractivity contribution in [1.82, 2.24) is 4.90 Å². The molecule has 5 heteroatoms. The number of nitrogen functional groups attached to an aromatic ring is 1. The predicted molar refractivity (Wildman–Crippen MR) is 92.2 cm³/mol. The molecule has 0 atom stereocenters. The first-order valence-electron chi connectivity index (χ1n) is 6.52. The number of hydrogen-bond acceptors (Lipinski definition) is 3. The zero-order valence-corrected chi connectivity index (χ0v) is 14.2.